The van der Waals surface area contributed by atoms with Crippen LogP contribution in [0, 0.1) is 36.2 Å². The van der Waals surface area contributed by atoms with Crippen molar-refractivity contribution in [2.24, 2.45) is 0 Å². The summed E-state index contributed by atoms with van der Waals surface area (Å²) in [5.41, 5.74) is 1.97. The van der Waals surface area contributed by atoms with E-state index in [1.165, 1.54) is 50.5 Å². The van der Waals surface area contributed by atoms with Gasteiger partial charge in [0.15, 0.2) is 5.69 Å². The SMILES string of the molecule is Cc1ccc2c3ccc(OS(=O)(=O)C(F)(F)F)cc3c3ccccc3c2c1.N#Cc1cccc(B(O)O)c1.[C-]#[N+]c1cccc(-c2ccc3c4ccc(-c5cccc(C#N)c5)cc4c4ccccc4c3c2)c1. The van der Waals surface area contributed by atoms with Crippen molar-refractivity contribution in [2.75, 3.05) is 0 Å². The maximum absolute atomic E-state index is 12.6. The third-order valence-corrected chi connectivity index (χ3v) is 13.2. The number of nitrogens with zero attached hydrogens (tertiary/aromatic N) is 3. The molecule has 0 radical (unpaired) electrons. The van der Waals surface area contributed by atoms with E-state index in [2.05, 4.69) is 94.0 Å². The lowest BCUT2D eigenvalue weighted by Crippen LogP contribution is -2.29. The van der Waals surface area contributed by atoms with Crippen molar-refractivity contribution in [3.8, 4) is 40.1 Å². The molecule has 0 bridgehead atoms. The van der Waals surface area contributed by atoms with Crippen molar-refractivity contribution < 1.29 is 35.8 Å². The minimum absolute atomic E-state index is 0.337. The Morgan fingerprint density at radius 3 is 1.44 bits per heavy atom. The summed E-state index contributed by atoms with van der Waals surface area (Å²) < 4.78 is 64.8. The zero-order valence-electron chi connectivity index (χ0n) is 38.1. The predicted octanol–water partition coefficient (Wildman–Crippen LogP) is 13.8. The minimum atomic E-state index is -5.72. The molecule has 0 heterocycles. The van der Waals surface area contributed by atoms with Crippen molar-refractivity contribution in [1.29, 1.82) is 10.5 Å². The molecule has 13 heteroatoms. The van der Waals surface area contributed by atoms with Gasteiger partial charge in [-0.15, -0.1) is 0 Å². The van der Waals surface area contributed by atoms with Gasteiger partial charge in [-0.05, 0) is 160 Å². The van der Waals surface area contributed by atoms with Crippen LogP contribution in [-0.4, -0.2) is 31.1 Å². The van der Waals surface area contributed by atoms with Crippen molar-refractivity contribution >= 4 is 93.0 Å². The highest BCUT2D eigenvalue weighted by molar-refractivity contribution is 7.88. The predicted molar refractivity (Wildman–Crippen MR) is 281 cm³/mol. The largest absolute Gasteiger partial charge is 0.534 e. The van der Waals surface area contributed by atoms with E-state index in [9.17, 15) is 26.9 Å². The summed E-state index contributed by atoms with van der Waals surface area (Å²) in [4.78, 5) is 3.59. The molecule has 0 aliphatic heterocycles. The first kappa shape index (κ1) is 48.0. The van der Waals surface area contributed by atoms with Crippen LogP contribution in [0.15, 0.2) is 194 Å². The van der Waals surface area contributed by atoms with Gasteiger partial charge >= 0.3 is 22.7 Å². The van der Waals surface area contributed by atoms with Crippen LogP contribution >= 0.6 is 0 Å². The van der Waals surface area contributed by atoms with Crippen molar-refractivity contribution in [3.05, 3.63) is 222 Å². The standard InChI is InChI=1S/C32H18N2.C20H13F3O3S.C7H6BNO2/c1-34-26-9-5-8-23(17-26)25-13-15-30-29-14-12-24(22-7-4-6-21(16-22)20-33)18-31(29)27-10-2-3-11-28(27)32(30)19-25;1-12-6-8-16-17-9-7-13(26-27(24,25)20(21,22)23)11-19(17)15-5-3-2-4-14(15)18(16)10-12;9-5-6-2-1-3-7(4-6)8(10)11/h2-19H;2-11H,1H3;1-4,10-11H. The second kappa shape index (κ2) is 19.8. The maximum Gasteiger partial charge on any atom is 0.534 e. The molecular formula is C59H37BF3N3O5S. The molecule has 0 spiro atoms. The highest BCUT2D eigenvalue weighted by Crippen LogP contribution is 2.41. The number of aryl methyl sites for hydroxylation is 1. The summed E-state index contributed by atoms with van der Waals surface area (Å²) in [6.07, 6.45) is 0. The van der Waals surface area contributed by atoms with Crippen molar-refractivity contribution in [1.82, 2.24) is 0 Å². The van der Waals surface area contributed by atoms with E-state index in [0.29, 0.717) is 27.7 Å². The smallest absolute Gasteiger partial charge is 0.423 e. The summed E-state index contributed by atoms with van der Waals surface area (Å²) in [6, 6.07) is 65.1. The lowest BCUT2D eigenvalue weighted by Gasteiger charge is -2.13. The number of fused-ring (bicyclic) bond motifs is 12. The van der Waals surface area contributed by atoms with E-state index in [1.54, 1.807) is 24.3 Å². The quantitative estimate of drug-likeness (QED) is 0.0576. The topological polar surface area (TPSA) is 136 Å². The van der Waals surface area contributed by atoms with E-state index < -0.39 is 22.7 Å². The normalized spacial score (nSPS) is 11.3. The average molecular weight is 968 g/mol. The summed E-state index contributed by atoms with van der Waals surface area (Å²) in [7, 11) is -7.22. The van der Waals surface area contributed by atoms with Gasteiger partial charge in [0.2, 0.25) is 0 Å². The average Bonchev–Trinajstić information content (AvgIpc) is 3.40. The van der Waals surface area contributed by atoms with Gasteiger partial charge in [-0.2, -0.15) is 32.1 Å². The Morgan fingerprint density at radius 1 is 0.500 bits per heavy atom. The lowest BCUT2D eigenvalue weighted by atomic mass is 9.80. The molecule has 0 saturated heterocycles. The molecule has 0 saturated carbocycles. The second-order valence-corrected chi connectivity index (χ2v) is 18.4. The summed E-state index contributed by atoms with van der Waals surface area (Å²) in [6.45, 7) is 9.33. The lowest BCUT2D eigenvalue weighted by molar-refractivity contribution is -0.0500. The highest BCUT2D eigenvalue weighted by Gasteiger charge is 2.48. The first-order chi connectivity index (χ1) is 34.7. The third kappa shape index (κ3) is 9.62. The first-order valence-electron chi connectivity index (χ1n) is 22.2. The fraction of sp³-hybridized carbons (Fsp3) is 0.0339. The van der Waals surface area contributed by atoms with Gasteiger partial charge in [0.25, 0.3) is 0 Å². The van der Waals surface area contributed by atoms with Crippen LogP contribution in [0.3, 0.4) is 0 Å². The Morgan fingerprint density at radius 2 is 0.931 bits per heavy atom. The first-order valence-corrected chi connectivity index (χ1v) is 23.7. The van der Waals surface area contributed by atoms with E-state index in [4.69, 9.17) is 21.9 Å². The van der Waals surface area contributed by atoms with Gasteiger partial charge in [-0.1, -0.05) is 139 Å². The number of rotatable bonds is 5. The Labute approximate surface area is 412 Å². The Balaban J connectivity index is 0.000000150. The number of alkyl halides is 3. The molecule has 11 rings (SSSR count). The number of hydrogen-bond acceptors (Lipinski definition) is 7. The molecule has 8 nitrogen and oxygen atoms in total. The number of halogens is 3. The third-order valence-electron chi connectivity index (χ3n) is 12.2. The van der Waals surface area contributed by atoms with Crippen LogP contribution in [0.4, 0.5) is 18.9 Å². The Kier molecular flexibility index (Phi) is 13.2. The molecule has 0 aliphatic carbocycles. The zero-order valence-corrected chi connectivity index (χ0v) is 38.9. The molecule has 0 amide bonds. The van der Waals surface area contributed by atoms with E-state index >= 15 is 0 Å². The molecule has 0 fully saturated rings. The summed E-state index contributed by atoms with van der Waals surface area (Å²) >= 11 is 0. The Bertz CT molecular complexity index is 4020. The molecule has 11 aromatic carbocycles. The summed E-state index contributed by atoms with van der Waals surface area (Å²) in [5.74, 6) is -0.378. The van der Waals surface area contributed by atoms with Gasteiger partial charge in [0.05, 0.1) is 29.8 Å². The van der Waals surface area contributed by atoms with Crippen LogP contribution in [0.1, 0.15) is 16.7 Å². The van der Waals surface area contributed by atoms with Crippen molar-refractivity contribution in [2.45, 2.75) is 12.4 Å². The van der Waals surface area contributed by atoms with Crippen LogP contribution in [0.2, 0.25) is 0 Å². The molecule has 348 valence electrons. The van der Waals surface area contributed by atoms with Crippen LogP contribution in [0.5, 0.6) is 5.75 Å². The van der Waals surface area contributed by atoms with Gasteiger partial charge < -0.3 is 14.2 Å². The van der Waals surface area contributed by atoms with Gasteiger partial charge in [-0.3, -0.25) is 0 Å². The van der Waals surface area contributed by atoms with Gasteiger partial charge in [0, 0.05) is 0 Å². The summed E-state index contributed by atoms with van der Waals surface area (Å²) in [5, 5.41) is 47.5. The highest BCUT2D eigenvalue weighted by atomic mass is 32.2. The number of nitriles is 2. The van der Waals surface area contributed by atoms with Crippen LogP contribution < -0.4 is 9.65 Å². The van der Waals surface area contributed by atoms with E-state index in [1.807, 2.05) is 85.8 Å². The number of hydrogen-bond donors (Lipinski definition) is 2. The second-order valence-electron chi connectivity index (χ2n) is 16.8. The molecule has 11 aromatic rings. The molecule has 0 atom stereocenters. The molecule has 2 N–H and O–H groups in total. The van der Waals surface area contributed by atoms with E-state index in [-0.39, 0.29) is 5.75 Å². The van der Waals surface area contributed by atoms with E-state index in [0.717, 1.165) is 54.7 Å². The van der Waals surface area contributed by atoms with Crippen LogP contribution in [0.25, 0.3) is 91.7 Å². The van der Waals surface area contributed by atoms with Crippen LogP contribution in [-0.2, 0) is 10.1 Å². The fourth-order valence-corrected chi connectivity index (χ4v) is 9.34. The maximum atomic E-state index is 12.6. The van der Waals surface area contributed by atoms with Gasteiger partial charge in [0.1, 0.15) is 5.75 Å². The van der Waals surface area contributed by atoms with Crippen molar-refractivity contribution in [3.63, 3.8) is 0 Å². The Hall–Kier alpha value is -9.03. The number of benzene rings is 11. The molecule has 0 unspecified atom stereocenters. The zero-order chi connectivity index (χ0) is 50.7. The molecular weight excluding hydrogens is 931 g/mol. The fourth-order valence-electron chi connectivity index (χ4n) is 8.88. The van der Waals surface area contributed by atoms with Gasteiger partial charge in [-0.25, -0.2) is 4.85 Å². The monoisotopic (exact) mass is 967 g/mol. The molecule has 72 heavy (non-hydrogen) atoms. The molecule has 0 aliphatic rings. The molecule has 0 aromatic heterocycles. The minimum Gasteiger partial charge on any atom is -0.423 e.